The van der Waals surface area contributed by atoms with E-state index in [-0.39, 0.29) is 11.9 Å². The second kappa shape index (κ2) is 8.17. The fourth-order valence-electron chi connectivity index (χ4n) is 1.40. The van der Waals surface area contributed by atoms with Crippen molar-refractivity contribution in [1.82, 2.24) is 5.32 Å². The van der Waals surface area contributed by atoms with E-state index in [2.05, 4.69) is 21.2 Å². The zero-order valence-corrected chi connectivity index (χ0v) is 13.1. The van der Waals surface area contributed by atoms with E-state index in [1.165, 1.54) is 0 Å². The fourth-order valence-corrected chi connectivity index (χ4v) is 1.90. The molecule has 1 atom stereocenters. The number of carbonyl (C=O) groups excluding carboxylic acids is 1. The first-order chi connectivity index (χ1) is 9.08. The number of hydrogen-bond donors (Lipinski definition) is 1. The molecule has 0 aliphatic rings. The number of benzene rings is 1. The Morgan fingerprint density at radius 3 is 2.74 bits per heavy atom. The first-order valence-corrected chi connectivity index (χ1v) is 7.10. The minimum absolute atomic E-state index is 0.0708. The molecular weight excluding hydrogens is 310 g/mol. The maximum atomic E-state index is 11.9. The molecule has 1 aromatic carbocycles. The Morgan fingerprint density at radius 1 is 1.42 bits per heavy atom. The van der Waals surface area contributed by atoms with Gasteiger partial charge in [0.1, 0.15) is 12.4 Å². The van der Waals surface area contributed by atoms with E-state index in [9.17, 15) is 4.79 Å². The summed E-state index contributed by atoms with van der Waals surface area (Å²) in [6.45, 7) is 5.03. The molecule has 0 aliphatic carbocycles. The number of rotatable bonds is 7. The Morgan fingerprint density at radius 2 is 2.16 bits per heavy atom. The summed E-state index contributed by atoms with van der Waals surface area (Å²) in [5.74, 6) is 0.635. The molecule has 0 fully saturated rings. The lowest BCUT2D eigenvalue weighted by Gasteiger charge is -2.13. The van der Waals surface area contributed by atoms with Gasteiger partial charge in [0.2, 0.25) is 0 Å². The van der Waals surface area contributed by atoms with Gasteiger partial charge >= 0.3 is 0 Å². The third-order valence-electron chi connectivity index (χ3n) is 2.73. The Kier molecular flexibility index (Phi) is 6.87. The van der Waals surface area contributed by atoms with Gasteiger partial charge in [-0.15, -0.1) is 0 Å². The van der Waals surface area contributed by atoms with Crippen LogP contribution in [0.2, 0.25) is 0 Å². The van der Waals surface area contributed by atoms with E-state index in [0.717, 1.165) is 10.9 Å². The average molecular weight is 330 g/mol. The molecule has 0 aliphatic heterocycles. The number of nitrogens with one attached hydrogen (secondary N) is 1. The van der Waals surface area contributed by atoms with E-state index in [4.69, 9.17) is 9.47 Å². The number of hydrogen-bond acceptors (Lipinski definition) is 3. The second-order valence-electron chi connectivity index (χ2n) is 4.27. The van der Waals surface area contributed by atoms with Crippen molar-refractivity contribution in [1.29, 1.82) is 0 Å². The first-order valence-electron chi connectivity index (χ1n) is 6.30. The number of amides is 1. The molecule has 0 heterocycles. The molecule has 0 saturated heterocycles. The maximum Gasteiger partial charge on any atom is 0.251 e. The number of ether oxygens (including phenoxy) is 2. The summed E-state index contributed by atoms with van der Waals surface area (Å²) in [4.78, 5) is 11.9. The molecule has 1 aromatic rings. The minimum Gasteiger partial charge on any atom is -0.490 e. The molecule has 5 heteroatoms. The van der Waals surface area contributed by atoms with Gasteiger partial charge in [-0.05, 0) is 47.5 Å². The highest BCUT2D eigenvalue weighted by Crippen LogP contribution is 2.26. The Hall–Kier alpha value is -1.07. The van der Waals surface area contributed by atoms with Crippen molar-refractivity contribution < 1.29 is 14.3 Å². The van der Waals surface area contributed by atoms with Crippen molar-refractivity contribution in [2.24, 2.45) is 0 Å². The summed E-state index contributed by atoms with van der Waals surface area (Å²) in [5.41, 5.74) is 0.617. The van der Waals surface area contributed by atoms with Crippen LogP contribution in [-0.2, 0) is 4.74 Å². The molecule has 0 spiro atoms. The lowest BCUT2D eigenvalue weighted by molar-refractivity contribution is 0.0939. The van der Waals surface area contributed by atoms with Gasteiger partial charge in [-0.1, -0.05) is 6.92 Å². The topological polar surface area (TPSA) is 47.6 Å². The molecule has 0 saturated carbocycles. The molecule has 1 rings (SSSR count). The van der Waals surface area contributed by atoms with Gasteiger partial charge in [0.05, 0.1) is 11.1 Å². The summed E-state index contributed by atoms with van der Waals surface area (Å²) in [5, 5.41) is 2.92. The molecule has 4 nitrogen and oxygen atoms in total. The Balaban J connectivity index is 2.67. The molecule has 0 unspecified atom stereocenters. The highest BCUT2D eigenvalue weighted by Gasteiger charge is 2.11. The van der Waals surface area contributed by atoms with Crippen LogP contribution in [-0.4, -0.2) is 32.3 Å². The van der Waals surface area contributed by atoms with Crippen molar-refractivity contribution in [3.63, 3.8) is 0 Å². The van der Waals surface area contributed by atoms with Crippen LogP contribution in [0, 0.1) is 0 Å². The smallest absolute Gasteiger partial charge is 0.251 e. The molecule has 0 bridgehead atoms. The Bertz CT molecular complexity index is 423. The van der Waals surface area contributed by atoms with Crippen LogP contribution in [0.25, 0.3) is 0 Å². The van der Waals surface area contributed by atoms with Crippen molar-refractivity contribution in [3.05, 3.63) is 28.2 Å². The van der Waals surface area contributed by atoms with Gasteiger partial charge in [-0.3, -0.25) is 4.79 Å². The third kappa shape index (κ3) is 5.20. The predicted molar refractivity (Wildman–Crippen MR) is 78.7 cm³/mol. The van der Waals surface area contributed by atoms with Crippen LogP contribution in [0.15, 0.2) is 22.7 Å². The van der Waals surface area contributed by atoms with Gasteiger partial charge in [0, 0.05) is 18.7 Å². The molecule has 1 amide bonds. The van der Waals surface area contributed by atoms with E-state index in [1.807, 2.05) is 13.8 Å². The van der Waals surface area contributed by atoms with Crippen molar-refractivity contribution >= 4 is 21.8 Å². The van der Waals surface area contributed by atoms with Crippen LogP contribution in [0.5, 0.6) is 5.75 Å². The minimum atomic E-state index is -0.0708. The van der Waals surface area contributed by atoms with Gasteiger partial charge < -0.3 is 14.8 Å². The summed E-state index contributed by atoms with van der Waals surface area (Å²) in [6.07, 6.45) is 0.908. The molecule has 0 aromatic heterocycles. The van der Waals surface area contributed by atoms with Crippen LogP contribution < -0.4 is 10.1 Å². The van der Waals surface area contributed by atoms with Crippen LogP contribution >= 0.6 is 15.9 Å². The third-order valence-corrected chi connectivity index (χ3v) is 3.35. The van der Waals surface area contributed by atoms with Crippen molar-refractivity contribution in [3.8, 4) is 5.75 Å². The summed E-state index contributed by atoms with van der Waals surface area (Å²) < 4.78 is 11.2. The maximum absolute atomic E-state index is 11.9. The quantitative estimate of drug-likeness (QED) is 0.782. The lowest BCUT2D eigenvalue weighted by Crippen LogP contribution is -2.31. The number of halogens is 1. The van der Waals surface area contributed by atoms with E-state index >= 15 is 0 Å². The van der Waals surface area contributed by atoms with Crippen LogP contribution in [0.3, 0.4) is 0 Å². The van der Waals surface area contributed by atoms with Gasteiger partial charge in [0.25, 0.3) is 5.91 Å². The fraction of sp³-hybridized carbons (Fsp3) is 0.500. The molecule has 19 heavy (non-hydrogen) atoms. The lowest BCUT2D eigenvalue weighted by atomic mass is 10.2. The SMILES string of the molecule is CC[C@H](C)NC(=O)c1ccc(OCCOC)c(Br)c1. The van der Waals surface area contributed by atoms with Gasteiger partial charge in [-0.2, -0.15) is 0 Å². The summed E-state index contributed by atoms with van der Waals surface area (Å²) in [7, 11) is 1.63. The second-order valence-corrected chi connectivity index (χ2v) is 5.12. The predicted octanol–water partition coefficient (Wildman–Crippen LogP) is 3.00. The first kappa shape index (κ1) is 16.0. The van der Waals surface area contributed by atoms with Gasteiger partial charge in [-0.25, -0.2) is 0 Å². The molecule has 106 valence electrons. The van der Waals surface area contributed by atoms with Crippen molar-refractivity contribution in [2.45, 2.75) is 26.3 Å². The number of carbonyl (C=O) groups is 1. The summed E-state index contributed by atoms with van der Waals surface area (Å²) in [6, 6.07) is 5.47. The largest absolute Gasteiger partial charge is 0.490 e. The van der Waals surface area contributed by atoms with E-state index in [0.29, 0.717) is 24.5 Å². The highest BCUT2D eigenvalue weighted by molar-refractivity contribution is 9.10. The van der Waals surface area contributed by atoms with Gasteiger partial charge in [0.15, 0.2) is 0 Å². The summed E-state index contributed by atoms with van der Waals surface area (Å²) >= 11 is 3.41. The standard InChI is InChI=1S/C14H20BrNO3/c1-4-10(2)16-14(17)11-5-6-13(12(15)9-11)19-8-7-18-3/h5-6,9-10H,4,7-8H2,1-3H3,(H,16,17)/t10-/m0/s1. The zero-order valence-electron chi connectivity index (χ0n) is 11.5. The molecule has 0 radical (unpaired) electrons. The highest BCUT2D eigenvalue weighted by atomic mass is 79.9. The monoisotopic (exact) mass is 329 g/mol. The van der Waals surface area contributed by atoms with Crippen LogP contribution in [0.4, 0.5) is 0 Å². The van der Waals surface area contributed by atoms with Crippen LogP contribution in [0.1, 0.15) is 30.6 Å². The normalized spacial score (nSPS) is 12.0. The number of methoxy groups -OCH3 is 1. The van der Waals surface area contributed by atoms with Crippen molar-refractivity contribution in [2.75, 3.05) is 20.3 Å². The average Bonchev–Trinajstić information content (AvgIpc) is 2.40. The molecular formula is C14H20BrNO3. The molecule has 1 N–H and O–H groups in total. The zero-order chi connectivity index (χ0) is 14.3. The Labute approximate surface area is 122 Å². The van der Waals surface area contributed by atoms with E-state index < -0.39 is 0 Å². The van der Waals surface area contributed by atoms with E-state index in [1.54, 1.807) is 25.3 Å².